The predicted molar refractivity (Wildman–Crippen MR) is 70.2 cm³/mol. The molecule has 0 aliphatic carbocycles. The van der Waals surface area contributed by atoms with Crippen molar-refractivity contribution >= 4 is 16.7 Å². The van der Waals surface area contributed by atoms with Crippen LogP contribution in [0.5, 0.6) is 5.88 Å². The van der Waals surface area contributed by atoms with E-state index in [1.54, 1.807) is 0 Å². The fourth-order valence-corrected chi connectivity index (χ4v) is 2.33. The number of hydrogen-bond acceptors (Lipinski definition) is 5. The van der Waals surface area contributed by atoms with Crippen LogP contribution in [0.3, 0.4) is 0 Å². The lowest BCUT2D eigenvalue weighted by Gasteiger charge is -2.20. The lowest BCUT2D eigenvalue weighted by atomic mass is 10.2. The van der Waals surface area contributed by atoms with E-state index in [1.807, 2.05) is 19.9 Å². The van der Waals surface area contributed by atoms with E-state index in [0.717, 1.165) is 41.3 Å². The van der Waals surface area contributed by atoms with Gasteiger partial charge in [-0.25, -0.2) is 15.0 Å². The monoisotopic (exact) mass is 244 g/mol. The van der Waals surface area contributed by atoms with E-state index in [-0.39, 0.29) is 0 Å². The molecule has 94 valence electrons. The van der Waals surface area contributed by atoms with Crippen molar-refractivity contribution in [2.75, 3.05) is 24.6 Å². The first-order valence-electron chi connectivity index (χ1n) is 6.22. The fraction of sp³-hybridized carbons (Fsp3) is 0.462. The zero-order chi connectivity index (χ0) is 12.7. The minimum atomic E-state index is 0.634. The summed E-state index contributed by atoms with van der Waals surface area (Å²) in [5.74, 6) is 2.39. The molecule has 3 rings (SSSR count). The molecule has 2 aromatic rings. The van der Waals surface area contributed by atoms with E-state index in [9.17, 15) is 0 Å². The van der Waals surface area contributed by atoms with Gasteiger partial charge >= 0.3 is 0 Å². The Morgan fingerprint density at radius 2 is 2.11 bits per heavy atom. The second kappa shape index (κ2) is 4.08. The maximum Gasteiger partial charge on any atom is 0.227 e. The summed E-state index contributed by atoms with van der Waals surface area (Å²) in [5.41, 5.74) is 1.84. The number of aryl methyl sites for hydroxylation is 2. The van der Waals surface area contributed by atoms with E-state index < -0.39 is 0 Å². The van der Waals surface area contributed by atoms with Crippen LogP contribution >= 0.6 is 0 Å². The highest BCUT2D eigenvalue weighted by Gasteiger charge is 2.21. The van der Waals surface area contributed by atoms with Gasteiger partial charge in [0.05, 0.1) is 12.1 Å². The van der Waals surface area contributed by atoms with Crippen molar-refractivity contribution in [2.24, 2.45) is 0 Å². The number of ether oxygens (including phenoxy) is 1. The van der Waals surface area contributed by atoms with Crippen LogP contribution in [-0.4, -0.2) is 34.6 Å². The number of likely N-dealkylation sites (N-methyl/N-ethyl adjacent to an activating group) is 1. The van der Waals surface area contributed by atoms with Gasteiger partial charge < -0.3 is 9.64 Å². The Balaban J connectivity index is 2.38. The average molecular weight is 244 g/mol. The molecule has 0 saturated heterocycles. The molecule has 0 radical (unpaired) electrons. The third-order valence-corrected chi connectivity index (χ3v) is 3.15. The summed E-state index contributed by atoms with van der Waals surface area (Å²) in [4.78, 5) is 15.7. The number of anilines is 1. The Morgan fingerprint density at radius 1 is 1.28 bits per heavy atom. The van der Waals surface area contributed by atoms with Crippen LogP contribution < -0.4 is 9.64 Å². The highest BCUT2D eigenvalue weighted by Crippen LogP contribution is 2.33. The zero-order valence-corrected chi connectivity index (χ0v) is 10.9. The molecule has 2 aromatic heterocycles. The lowest BCUT2D eigenvalue weighted by molar-refractivity contribution is 0.319. The van der Waals surface area contributed by atoms with E-state index in [1.165, 1.54) is 0 Å². The third kappa shape index (κ3) is 1.66. The molecule has 5 heteroatoms. The molecule has 3 heterocycles. The van der Waals surface area contributed by atoms with Crippen LogP contribution in [0.15, 0.2) is 6.07 Å². The minimum Gasteiger partial charge on any atom is -0.475 e. The summed E-state index contributed by atoms with van der Waals surface area (Å²) in [7, 11) is 0. The normalized spacial score (nSPS) is 14.5. The quantitative estimate of drug-likeness (QED) is 0.766. The molecule has 0 N–H and O–H groups in total. The lowest BCUT2D eigenvalue weighted by Crippen LogP contribution is -2.27. The molecule has 0 unspecified atom stereocenters. The van der Waals surface area contributed by atoms with Gasteiger partial charge in [-0.2, -0.15) is 0 Å². The Kier molecular flexibility index (Phi) is 2.54. The van der Waals surface area contributed by atoms with Crippen molar-refractivity contribution in [3.8, 4) is 5.88 Å². The second-order valence-electron chi connectivity index (χ2n) is 4.49. The van der Waals surface area contributed by atoms with E-state index in [4.69, 9.17) is 4.74 Å². The zero-order valence-electron chi connectivity index (χ0n) is 10.9. The van der Waals surface area contributed by atoms with Gasteiger partial charge in [0.2, 0.25) is 5.88 Å². The van der Waals surface area contributed by atoms with Crippen molar-refractivity contribution in [3.05, 3.63) is 17.6 Å². The van der Waals surface area contributed by atoms with E-state index in [0.29, 0.717) is 12.5 Å². The molecule has 0 spiro atoms. The number of pyridine rings is 1. The molecule has 0 amide bonds. The Hall–Kier alpha value is -1.91. The predicted octanol–water partition coefficient (Wildman–Crippen LogP) is 1.86. The van der Waals surface area contributed by atoms with Crippen LogP contribution in [0.1, 0.15) is 18.4 Å². The van der Waals surface area contributed by atoms with Crippen molar-refractivity contribution in [3.63, 3.8) is 0 Å². The average Bonchev–Trinajstić information content (AvgIpc) is 2.48. The Morgan fingerprint density at radius 3 is 2.89 bits per heavy atom. The highest BCUT2D eigenvalue weighted by atomic mass is 16.5. The standard InChI is InChI=1S/C13H16N4O/c1-4-17-5-6-18-13-11-10(7-8(2)14-13)15-9(3)16-12(11)17/h7H,4-6H2,1-3H3. The summed E-state index contributed by atoms with van der Waals surface area (Å²) in [5, 5.41) is 0.936. The van der Waals surface area contributed by atoms with Crippen LogP contribution in [0.25, 0.3) is 10.9 Å². The second-order valence-corrected chi connectivity index (χ2v) is 4.49. The molecule has 0 aromatic carbocycles. The molecule has 0 bridgehead atoms. The largest absolute Gasteiger partial charge is 0.475 e. The Labute approximate surface area is 106 Å². The van der Waals surface area contributed by atoms with Gasteiger partial charge in [0.25, 0.3) is 0 Å². The first kappa shape index (κ1) is 11.2. The molecule has 18 heavy (non-hydrogen) atoms. The van der Waals surface area contributed by atoms with Crippen LogP contribution in [0, 0.1) is 13.8 Å². The van der Waals surface area contributed by atoms with Gasteiger partial charge in [-0.05, 0) is 26.8 Å². The summed E-state index contributed by atoms with van der Waals surface area (Å²) in [6.45, 7) is 8.37. The van der Waals surface area contributed by atoms with Crippen LogP contribution in [-0.2, 0) is 0 Å². The van der Waals surface area contributed by atoms with Crippen molar-refractivity contribution < 1.29 is 4.74 Å². The molecule has 1 aliphatic rings. The van der Waals surface area contributed by atoms with Crippen molar-refractivity contribution in [1.82, 2.24) is 15.0 Å². The molecule has 0 saturated carbocycles. The molecular formula is C13H16N4O. The number of rotatable bonds is 1. The van der Waals surface area contributed by atoms with E-state index in [2.05, 4.69) is 26.8 Å². The van der Waals surface area contributed by atoms with Gasteiger partial charge in [0.1, 0.15) is 23.6 Å². The van der Waals surface area contributed by atoms with E-state index >= 15 is 0 Å². The maximum absolute atomic E-state index is 5.74. The van der Waals surface area contributed by atoms with Gasteiger partial charge in [-0.3, -0.25) is 0 Å². The highest BCUT2D eigenvalue weighted by molar-refractivity contribution is 5.94. The number of nitrogens with zero attached hydrogens (tertiary/aromatic N) is 4. The summed E-state index contributed by atoms with van der Waals surface area (Å²) < 4.78 is 5.74. The summed E-state index contributed by atoms with van der Waals surface area (Å²) in [6, 6.07) is 1.99. The molecular weight excluding hydrogens is 228 g/mol. The van der Waals surface area contributed by atoms with Gasteiger partial charge in [-0.1, -0.05) is 0 Å². The minimum absolute atomic E-state index is 0.634. The molecule has 0 atom stereocenters. The van der Waals surface area contributed by atoms with Crippen molar-refractivity contribution in [1.29, 1.82) is 0 Å². The van der Waals surface area contributed by atoms with Gasteiger partial charge in [0, 0.05) is 12.2 Å². The first-order chi connectivity index (χ1) is 8.69. The van der Waals surface area contributed by atoms with Crippen molar-refractivity contribution in [2.45, 2.75) is 20.8 Å². The SMILES string of the molecule is CCN1CCOc2nc(C)cc3nc(C)nc1c23. The fourth-order valence-electron chi connectivity index (χ4n) is 2.33. The smallest absolute Gasteiger partial charge is 0.227 e. The van der Waals surface area contributed by atoms with Crippen LogP contribution in [0.2, 0.25) is 0 Å². The molecule has 0 fully saturated rings. The number of aromatic nitrogens is 3. The summed E-state index contributed by atoms with van der Waals surface area (Å²) >= 11 is 0. The molecule has 5 nitrogen and oxygen atoms in total. The van der Waals surface area contributed by atoms with Crippen LogP contribution in [0.4, 0.5) is 5.82 Å². The first-order valence-corrected chi connectivity index (χ1v) is 6.22. The maximum atomic E-state index is 5.74. The summed E-state index contributed by atoms with van der Waals surface area (Å²) in [6.07, 6.45) is 0. The Bertz CT molecular complexity index is 606. The number of hydrogen-bond donors (Lipinski definition) is 0. The van der Waals surface area contributed by atoms with Gasteiger partial charge in [0.15, 0.2) is 0 Å². The third-order valence-electron chi connectivity index (χ3n) is 3.15. The molecule has 1 aliphatic heterocycles. The topological polar surface area (TPSA) is 51.1 Å². The van der Waals surface area contributed by atoms with Gasteiger partial charge in [-0.15, -0.1) is 0 Å².